The topological polar surface area (TPSA) is 112 Å². The predicted molar refractivity (Wildman–Crippen MR) is 408 cm³/mol. The molecule has 3 aliphatic heterocycles. The van der Waals surface area contributed by atoms with Gasteiger partial charge in [-0.15, -0.1) is 11.3 Å². The van der Waals surface area contributed by atoms with Crippen molar-refractivity contribution in [1.29, 1.82) is 15.8 Å². The highest BCUT2D eigenvalue weighted by Crippen LogP contribution is 2.57. The molecule has 0 bridgehead atoms. The van der Waals surface area contributed by atoms with E-state index in [1.165, 1.54) is 85.3 Å². The van der Waals surface area contributed by atoms with Crippen molar-refractivity contribution < 1.29 is 31.8 Å². The molecule has 3 unspecified atom stereocenters. The number of hydrogen-bond donors (Lipinski definition) is 0. The van der Waals surface area contributed by atoms with Crippen LogP contribution in [0.5, 0.6) is 11.5 Å². The van der Waals surface area contributed by atoms with Crippen LogP contribution in [0.2, 0.25) is 0 Å². The Balaban J connectivity index is 0.828. The number of nitriles is 3. The summed E-state index contributed by atoms with van der Waals surface area (Å²) in [5.74, 6) is 0.460. The Hall–Kier alpha value is -11.3. The zero-order chi connectivity index (χ0) is 70.6. The molecular formula is C88H71F3N4O4SSi2. The summed E-state index contributed by atoms with van der Waals surface area (Å²) in [4.78, 5) is 3.67. The lowest BCUT2D eigenvalue weighted by Crippen LogP contribution is -2.74. The number of rotatable bonds is 18. The summed E-state index contributed by atoms with van der Waals surface area (Å²) in [5, 5.41) is 39.9. The first-order valence-corrected chi connectivity index (χ1v) is 38.8. The number of ether oxygens (including phenoxy) is 3. The van der Waals surface area contributed by atoms with E-state index < -0.39 is 62.3 Å². The smallest absolute Gasteiger partial charge is 0.437 e. The summed E-state index contributed by atoms with van der Waals surface area (Å²) in [5.41, 5.74) is 0.591. The van der Waals surface area contributed by atoms with Gasteiger partial charge in [0.1, 0.15) is 41.7 Å². The van der Waals surface area contributed by atoms with Gasteiger partial charge in [-0.05, 0) is 133 Å². The van der Waals surface area contributed by atoms with E-state index in [1.807, 2.05) is 97.1 Å². The summed E-state index contributed by atoms with van der Waals surface area (Å²) in [6.45, 7) is 9.95. The maximum Gasteiger partial charge on any atom is 0.437 e. The van der Waals surface area contributed by atoms with Gasteiger partial charge >= 0.3 is 6.18 Å². The first-order chi connectivity index (χ1) is 49.6. The van der Waals surface area contributed by atoms with Crippen LogP contribution in [0, 0.1) is 40.9 Å². The Bertz CT molecular complexity index is 4920. The highest BCUT2D eigenvalue weighted by molar-refractivity contribution is 7.20. The summed E-state index contributed by atoms with van der Waals surface area (Å²) in [6, 6.07) is 97.5. The number of aryl methyl sites for hydroxylation is 1. The van der Waals surface area contributed by atoms with Crippen molar-refractivity contribution in [1.82, 2.24) is 0 Å². The van der Waals surface area contributed by atoms with Gasteiger partial charge in [0.15, 0.2) is 25.7 Å². The van der Waals surface area contributed by atoms with Crippen LogP contribution in [0.25, 0.3) is 29.4 Å². The van der Waals surface area contributed by atoms with E-state index in [1.54, 1.807) is 12.1 Å². The predicted octanol–water partition coefficient (Wildman–Crippen LogP) is 16.0. The molecule has 0 fully saturated rings. The molecule has 0 saturated carbocycles. The zero-order valence-corrected chi connectivity index (χ0v) is 59.6. The average Bonchev–Trinajstić information content (AvgIpc) is 1.46. The minimum atomic E-state index is -5.28. The molecule has 14 heteroatoms. The molecule has 14 rings (SSSR count). The number of fused-ring (bicyclic) bond motifs is 2. The molecule has 11 aromatic rings. The van der Waals surface area contributed by atoms with Crippen molar-refractivity contribution in [2.75, 3.05) is 18.1 Å². The monoisotopic (exact) mass is 1390 g/mol. The summed E-state index contributed by atoms with van der Waals surface area (Å²) in [6.07, 6.45) is 1.89. The van der Waals surface area contributed by atoms with Crippen LogP contribution < -0.4 is 50.7 Å². The van der Waals surface area contributed by atoms with E-state index in [-0.39, 0.29) is 24.7 Å². The number of halogens is 3. The Morgan fingerprint density at radius 3 is 1.56 bits per heavy atom. The number of anilines is 1. The number of nitrogens with zero attached hydrogens (tertiary/aromatic N) is 4. The van der Waals surface area contributed by atoms with Crippen LogP contribution in [0.3, 0.4) is 0 Å². The molecule has 10 aromatic carbocycles. The molecule has 4 heterocycles. The molecule has 0 amide bonds. The van der Waals surface area contributed by atoms with Crippen molar-refractivity contribution in [2.24, 2.45) is 0 Å². The maximum absolute atomic E-state index is 16.2. The van der Waals surface area contributed by atoms with Gasteiger partial charge in [-0.2, -0.15) is 29.0 Å². The number of benzene rings is 10. The summed E-state index contributed by atoms with van der Waals surface area (Å²) >= 11 is 1.29. The molecule has 3 atom stereocenters. The molecule has 1 aromatic heterocycles. The Kier molecular flexibility index (Phi) is 18.9. The summed E-state index contributed by atoms with van der Waals surface area (Å²) < 4.78 is 76.1. The Labute approximate surface area is 599 Å². The minimum absolute atomic E-state index is 0.0480. The van der Waals surface area contributed by atoms with Gasteiger partial charge in [-0.25, -0.2) is 0 Å². The lowest BCUT2D eigenvalue weighted by molar-refractivity contribution is -0.249. The van der Waals surface area contributed by atoms with E-state index in [0.29, 0.717) is 33.4 Å². The molecule has 0 saturated heterocycles. The number of thiophene rings is 1. The zero-order valence-electron chi connectivity index (χ0n) is 56.7. The maximum atomic E-state index is 16.2. The van der Waals surface area contributed by atoms with Crippen molar-refractivity contribution in [2.45, 2.75) is 70.0 Å². The first-order valence-electron chi connectivity index (χ1n) is 34.0. The van der Waals surface area contributed by atoms with E-state index in [2.05, 4.69) is 202 Å². The van der Waals surface area contributed by atoms with Gasteiger partial charge in [0.25, 0.3) is 13.9 Å². The largest absolute Gasteiger partial charge is 0.484 e. The van der Waals surface area contributed by atoms with Gasteiger partial charge in [0, 0.05) is 23.3 Å². The quantitative estimate of drug-likeness (QED) is 0.0474. The van der Waals surface area contributed by atoms with Gasteiger partial charge < -0.3 is 23.5 Å². The van der Waals surface area contributed by atoms with Crippen LogP contribution in [0.4, 0.5) is 18.9 Å². The van der Waals surface area contributed by atoms with Crippen LogP contribution in [0.15, 0.2) is 302 Å². The molecule has 3 aliphatic rings. The van der Waals surface area contributed by atoms with Crippen molar-refractivity contribution in [3.63, 3.8) is 0 Å². The van der Waals surface area contributed by atoms with Gasteiger partial charge in [0.05, 0.1) is 21.9 Å². The van der Waals surface area contributed by atoms with Crippen LogP contribution in [0.1, 0.15) is 70.7 Å². The molecule has 0 spiro atoms. The number of allylic oxidation sites excluding steroid dienone is 2. The molecular weight excluding hydrogens is 1320 g/mol. The fourth-order valence-electron chi connectivity index (χ4n) is 15.2. The lowest BCUT2D eigenvalue weighted by atomic mass is 9.78. The third-order valence-electron chi connectivity index (χ3n) is 20.0. The van der Waals surface area contributed by atoms with E-state index in [0.717, 1.165) is 38.7 Å². The highest BCUT2D eigenvalue weighted by atomic mass is 32.1. The Morgan fingerprint density at radius 1 is 0.588 bits per heavy atom. The molecule has 0 radical (unpaired) electrons. The van der Waals surface area contributed by atoms with E-state index in [4.69, 9.17) is 18.6 Å². The molecule has 502 valence electrons. The average molecular weight is 1390 g/mol. The fraction of sp³-hybridized carbons (Fsp3) is 0.148. The molecule has 8 nitrogen and oxygen atoms in total. The van der Waals surface area contributed by atoms with E-state index in [9.17, 15) is 15.8 Å². The minimum Gasteiger partial charge on any atom is -0.484 e. The van der Waals surface area contributed by atoms with E-state index >= 15 is 13.2 Å². The SMILES string of the molecule is Cc1cc2c(cc1C=Cc1sc(C=CC3=C(C#N)C(=C(C#N)C#N)C(c4ccc(-c5ccccc5)cc4)(C(F)(F)F)O3)c3c1OC(CO[Si](c1ccccc1)(c1ccccc1)c1ccccc1)CO3)C(C)CC(C)(C)N2Cc1ccc([Si](c2ccccc2)(c2ccccc2)c2ccccc2)cc1. The van der Waals surface area contributed by atoms with Crippen molar-refractivity contribution in [3.8, 4) is 40.8 Å². The van der Waals surface area contributed by atoms with Crippen LogP contribution >= 0.6 is 11.3 Å². The normalized spacial score (nSPS) is 17.2. The van der Waals surface area contributed by atoms with Crippen molar-refractivity contribution >= 4 is 88.0 Å². The highest BCUT2D eigenvalue weighted by Gasteiger charge is 2.66. The third kappa shape index (κ3) is 12.4. The second kappa shape index (κ2) is 28.4. The Morgan fingerprint density at radius 2 is 1.06 bits per heavy atom. The van der Waals surface area contributed by atoms with Gasteiger partial charge in [0.2, 0.25) is 0 Å². The van der Waals surface area contributed by atoms with Gasteiger partial charge in [-0.1, -0.05) is 274 Å². The lowest BCUT2D eigenvalue weighted by Gasteiger charge is -2.48. The van der Waals surface area contributed by atoms with Crippen LogP contribution in [-0.2, 0) is 21.3 Å². The molecule has 0 N–H and O–H groups in total. The van der Waals surface area contributed by atoms with Crippen LogP contribution in [-0.4, -0.2) is 47.4 Å². The first kappa shape index (κ1) is 67.9. The number of alkyl halides is 3. The second-order valence-corrected chi connectivity index (χ2v) is 34.9. The molecule has 102 heavy (non-hydrogen) atoms. The second-order valence-electron chi connectivity index (χ2n) is 26.7. The third-order valence-corrected chi connectivity index (χ3v) is 29.9. The standard InChI is InChI=1S/C88H71F3N4O4SSi2/c1-61-52-79-77(62(2)54-86(3,4)95(79)58-63-40-47-73(48-41-63)101(70-28-14-6-15-29-70,71-30-16-7-17-31-71)72-32-18-8-19-33-72)53-66(61)44-50-82-85-84(96-59-69(98-85)60-97-102(74-34-20-9-21-35-74,75-36-22-10-23-37-75)76-38-24-11-25-39-76)81(100-82)51-49-80-78(57-94)83(67(55-92)56-93)87(99-80,88(89,90)91)68-45-42-65(43-46-68)64-26-12-5-13-27-64/h5-53,62,69H,54,58-60H2,1-4H3. The molecule has 0 aliphatic carbocycles. The number of hydrogen-bond acceptors (Lipinski definition) is 9. The van der Waals surface area contributed by atoms with Gasteiger partial charge in [-0.3, -0.25) is 0 Å². The van der Waals surface area contributed by atoms with Crippen molar-refractivity contribution in [3.05, 3.63) is 339 Å². The fourth-order valence-corrected chi connectivity index (χ4v) is 24.9. The summed E-state index contributed by atoms with van der Waals surface area (Å²) in [7, 11) is -5.97.